The van der Waals surface area contributed by atoms with Gasteiger partial charge in [0.1, 0.15) is 11.5 Å². The predicted molar refractivity (Wildman–Crippen MR) is 41.6 cm³/mol. The summed E-state index contributed by atoms with van der Waals surface area (Å²) in [4.78, 5) is 2.95. The highest BCUT2D eigenvalue weighted by Crippen LogP contribution is 2.14. The number of allylic oxidation sites excluding steroid dienone is 2. The highest BCUT2D eigenvalue weighted by molar-refractivity contribution is 5.32. The predicted octanol–water partition coefficient (Wildman–Crippen LogP) is 1.92. The highest BCUT2D eigenvalue weighted by Gasteiger charge is 2.06. The van der Waals surface area contributed by atoms with Gasteiger partial charge in [0.05, 0.1) is 0 Å². The fourth-order valence-electron chi connectivity index (χ4n) is 0.544. The molecule has 0 aromatic carbocycles. The van der Waals surface area contributed by atoms with Crippen LogP contribution in [-0.4, -0.2) is 13.8 Å². The molecular formula is C7H10F2N2. The lowest BCUT2D eigenvalue weighted by atomic mass is 10.4. The van der Waals surface area contributed by atoms with Crippen molar-refractivity contribution in [2.24, 2.45) is 4.99 Å². The summed E-state index contributed by atoms with van der Waals surface area (Å²) < 4.78 is 25.2. The van der Waals surface area contributed by atoms with E-state index in [-0.39, 0.29) is 5.70 Å². The Morgan fingerprint density at radius 1 is 1.55 bits per heavy atom. The summed E-state index contributed by atoms with van der Waals surface area (Å²) in [5.41, 5.74) is -0.275. The quantitative estimate of drug-likeness (QED) is 0.380. The first-order valence-electron chi connectivity index (χ1n) is 3.03. The molecular weight excluding hydrogens is 150 g/mol. The lowest BCUT2D eigenvalue weighted by Gasteiger charge is -2.01. The van der Waals surface area contributed by atoms with E-state index < -0.39 is 11.8 Å². The van der Waals surface area contributed by atoms with Crippen LogP contribution in [0.5, 0.6) is 0 Å². The molecule has 0 heterocycles. The van der Waals surface area contributed by atoms with E-state index in [1.54, 1.807) is 0 Å². The SMILES string of the molecule is C=N/C(F)=C(NC)\C(F)=C/C. The second-order valence-corrected chi connectivity index (χ2v) is 1.71. The van der Waals surface area contributed by atoms with Crippen LogP contribution in [0.2, 0.25) is 0 Å². The maximum absolute atomic E-state index is 12.6. The van der Waals surface area contributed by atoms with Crippen molar-refractivity contribution in [3.8, 4) is 0 Å². The number of halogens is 2. The van der Waals surface area contributed by atoms with E-state index >= 15 is 0 Å². The fraction of sp³-hybridized carbons (Fsp3) is 0.286. The van der Waals surface area contributed by atoms with Gasteiger partial charge in [-0.3, -0.25) is 0 Å². The summed E-state index contributed by atoms with van der Waals surface area (Å²) in [6.45, 7) is 4.39. The van der Waals surface area contributed by atoms with Crippen molar-refractivity contribution >= 4 is 6.72 Å². The second-order valence-electron chi connectivity index (χ2n) is 1.71. The molecule has 0 unspecified atom stereocenters. The number of nitrogens with zero attached hydrogens (tertiary/aromatic N) is 1. The number of aliphatic imine (C=N–C) groups is 1. The lowest BCUT2D eigenvalue weighted by molar-refractivity contribution is 0.568. The first-order chi connectivity index (χ1) is 5.17. The highest BCUT2D eigenvalue weighted by atomic mass is 19.1. The maximum atomic E-state index is 12.6. The summed E-state index contributed by atoms with van der Waals surface area (Å²) in [5.74, 6) is -1.62. The van der Waals surface area contributed by atoms with Crippen LogP contribution in [-0.2, 0) is 0 Å². The number of hydrogen-bond acceptors (Lipinski definition) is 2. The maximum Gasteiger partial charge on any atom is 0.238 e. The Hall–Kier alpha value is -1.19. The molecule has 11 heavy (non-hydrogen) atoms. The molecule has 0 bridgehead atoms. The third-order valence-electron chi connectivity index (χ3n) is 1.09. The van der Waals surface area contributed by atoms with E-state index in [4.69, 9.17) is 0 Å². The van der Waals surface area contributed by atoms with Gasteiger partial charge in [0.15, 0.2) is 0 Å². The lowest BCUT2D eigenvalue weighted by Crippen LogP contribution is -2.07. The topological polar surface area (TPSA) is 24.4 Å². The van der Waals surface area contributed by atoms with E-state index in [1.807, 2.05) is 0 Å². The molecule has 0 fully saturated rings. The Morgan fingerprint density at radius 3 is 2.36 bits per heavy atom. The molecule has 0 amide bonds. The van der Waals surface area contributed by atoms with E-state index in [0.29, 0.717) is 0 Å². The van der Waals surface area contributed by atoms with E-state index in [1.165, 1.54) is 14.0 Å². The average molecular weight is 160 g/mol. The summed E-state index contributed by atoms with van der Waals surface area (Å²) in [6.07, 6.45) is 1.14. The smallest absolute Gasteiger partial charge is 0.238 e. The zero-order valence-electron chi connectivity index (χ0n) is 6.49. The third kappa shape index (κ3) is 2.49. The van der Waals surface area contributed by atoms with Gasteiger partial charge in [0.25, 0.3) is 0 Å². The number of rotatable bonds is 3. The first-order valence-corrected chi connectivity index (χ1v) is 3.03. The van der Waals surface area contributed by atoms with Crippen molar-refractivity contribution in [3.63, 3.8) is 0 Å². The molecule has 0 atom stereocenters. The minimum absolute atomic E-state index is 0.275. The summed E-state index contributed by atoms with van der Waals surface area (Å²) >= 11 is 0. The molecule has 0 aromatic rings. The second kappa shape index (κ2) is 4.60. The van der Waals surface area contributed by atoms with Gasteiger partial charge >= 0.3 is 0 Å². The number of likely N-dealkylation sites (N-methyl/N-ethyl adjacent to an activating group) is 1. The molecule has 0 aromatic heterocycles. The molecule has 0 rings (SSSR count). The van der Waals surface area contributed by atoms with E-state index in [0.717, 1.165) is 6.08 Å². The number of hydrogen-bond donors (Lipinski definition) is 1. The normalized spacial score (nSPS) is 14.0. The molecule has 0 saturated carbocycles. The van der Waals surface area contributed by atoms with Crippen LogP contribution < -0.4 is 5.32 Å². The molecule has 0 aliphatic heterocycles. The zero-order valence-corrected chi connectivity index (χ0v) is 6.49. The van der Waals surface area contributed by atoms with Crippen LogP contribution >= 0.6 is 0 Å². The van der Waals surface area contributed by atoms with Crippen LogP contribution in [0, 0.1) is 0 Å². The van der Waals surface area contributed by atoms with E-state index in [9.17, 15) is 8.78 Å². The monoisotopic (exact) mass is 160 g/mol. The minimum Gasteiger partial charge on any atom is -0.382 e. The van der Waals surface area contributed by atoms with Crippen molar-refractivity contribution in [2.45, 2.75) is 6.92 Å². The Balaban J connectivity index is 4.79. The Bertz CT molecular complexity index is 206. The van der Waals surface area contributed by atoms with Gasteiger partial charge in [-0.25, -0.2) is 9.38 Å². The molecule has 4 heteroatoms. The molecule has 0 aliphatic carbocycles. The number of nitrogens with one attached hydrogen (secondary N) is 1. The van der Waals surface area contributed by atoms with Crippen molar-refractivity contribution < 1.29 is 8.78 Å². The van der Waals surface area contributed by atoms with Gasteiger partial charge in [-0.05, 0) is 19.7 Å². The average Bonchev–Trinajstić information content (AvgIpc) is 2.05. The standard InChI is InChI=1S/C7H10F2N2/c1-4-5(8)6(10-2)7(9)11-3/h4,10H,3H2,1-2H3/b5-4+,7-6+. The van der Waals surface area contributed by atoms with Crippen LogP contribution in [0.4, 0.5) is 8.78 Å². The fourth-order valence-corrected chi connectivity index (χ4v) is 0.544. The van der Waals surface area contributed by atoms with Gasteiger partial charge in [0.2, 0.25) is 5.95 Å². The molecule has 0 radical (unpaired) electrons. The minimum atomic E-state index is -0.942. The van der Waals surface area contributed by atoms with E-state index in [2.05, 4.69) is 17.0 Å². The van der Waals surface area contributed by atoms with Gasteiger partial charge in [-0.2, -0.15) is 4.39 Å². The Labute approximate surface area is 64.3 Å². The molecule has 0 spiro atoms. The molecule has 1 N–H and O–H groups in total. The Kier molecular flexibility index (Phi) is 4.10. The summed E-state index contributed by atoms with van der Waals surface area (Å²) in [6, 6.07) is 0. The van der Waals surface area contributed by atoms with Gasteiger partial charge in [0, 0.05) is 7.05 Å². The van der Waals surface area contributed by atoms with Gasteiger partial charge in [-0.15, -0.1) is 0 Å². The van der Waals surface area contributed by atoms with Crippen LogP contribution in [0.15, 0.2) is 28.5 Å². The van der Waals surface area contributed by atoms with Crippen LogP contribution in [0.25, 0.3) is 0 Å². The van der Waals surface area contributed by atoms with Gasteiger partial charge < -0.3 is 5.32 Å². The summed E-state index contributed by atoms with van der Waals surface area (Å²) in [7, 11) is 1.41. The van der Waals surface area contributed by atoms with Crippen molar-refractivity contribution in [1.82, 2.24) is 5.32 Å². The third-order valence-corrected chi connectivity index (χ3v) is 1.09. The van der Waals surface area contributed by atoms with Crippen molar-refractivity contribution in [1.29, 1.82) is 0 Å². The zero-order chi connectivity index (χ0) is 8.85. The van der Waals surface area contributed by atoms with Crippen LogP contribution in [0.1, 0.15) is 6.92 Å². The largest absolute Gasteiger partial charge is 0.382 e. The molecule has 0 aliphatic rings. The molecule has 2 nitrogen and oxygen atoms in total. The summed E-state index contributed by atoms with van der Waals surface area (Å²) in [5, 5.41) is 2.33. The van der Waals surface area contributed by atoms with Crippen molar-refractivity contribution in [2.75, 3.05) is 7.05 Å². The van der Waals surface area contributed by atoms with Crippen molar-refractivity contribution in [3.05, 3.63) is 23.6 Å². The van der Waals surface area contributed by atoms with Gasteiger partial charge in [-0.1, -0.05) is 0 Å². The van der Waals surface area contributed by atoms with Crippen LogP contribution in [0.3, 0.4) is 0 Å². The Morgan fingerprint density at radius 2 is 2.09 bits per heavy atom. The molecule has 62 valence electrons. The first kappa shape index (κ1) is 9.81. The molecule has 0 saturated heterocycles.